The maximum Gasteiger partial charge on any atom is 0.334 e. The summed E-state index contributed by atoms with van der Waals surface area (Å²) in [6.45, 7) is 10.1. The molecular weight excluding hydrogens is 352 g/mol. The van der Waals surface area contributed by atoms with Crippen LogP contribution in [0.4, 0.5) is 0 Å². The molecule has 2 saturated heterocycles. The first kappa shape index (κ1) is 19.1. The average molecular weight is 380 g/mol. The lowest BCUT2D eigenvalue weighted by molar-refractivity contribution is -0.304. The summed E-state index contributed by atoms with van der Waals surface area (Å²) in [5, 5.41) is 29.8. The van der Waals surface area contributed by atoms with E-state index in [1.54, 1.807) is 0 Å². The van der Waals surface area contributed by atoms with E-state index in [0.717, 1.165) is 18.4 Å². The first-order chi connectivity index (χ1) is 12.7. The summed E-state index contributed by atoms with van der Waals surface area (Å²) >= 11 is 0. The number of fused-ring (bicyclic) bond motifs is 2. The molecule has 4 fully saturated rings. The van der Waals surface area contributed by atoms with Crippen molar-refractivity contribution >= 4 is 5.97 Å². The number of rotatable bonds is 2. The summed E-state index contributed by atoms with van der Waals surface area (Å²) in [6, 6.07) is 0. The van der Waals surface area contributed by atoms with Crippen molar-refractivity contribution in [1.82, 2.24) is 0 Å². The highest BCUT2D eigenvalue weighted by atomic mass is 16.7. The molecule has 150 valence electrons. The van der Waals surface area contributed by atoms with Crippen molar-refractivity contribution in [2.45, 2.75) is 68.9 Å². The molecular formula is C20H28O7. The van der Waals surface area contributed by atoms with Crippen LogP contribution in [0.3, 0.4) is 0 Å². The highest BCUT2D eigenvalue weighted by molar-refractivity contribution is 5.90. The molecule has 0 amide bonds. The van der Waals surface area contributed by atoms with Gasteiger partial charge in [-0.25, -0.2) is 4.79 Å². The quantitative estimate of drug-likeness (QED) is 0.367. The normalized spacial score (nSPS) is 50.1. The van der Waals surface area contributed by atoms with Crippen LogP contribution >= 0.6 is 0 Å². The Morgan fingerprint density at radius 2 is 1.93 bits per heavy atom. The van der Waals surface area contributed by atoms with Gasteiger partial charge in [0.05, 0.1) is 12.2 Å². The SMILES string of the molecule is C=C1C(=O)OC2CC(=C)C3CCC(C)(OC4OCC(O)C(O)C4O)C3CC12. The van der Waals surface area contributed by atoms with Crippen LogP contribution in [0, 0.1) is 17.8 Å². The first-order valence-electron chi connectivity index (χ1n) is 9.62. The molecule has 2 aliphatic heterocycles. The molecule has 0 aromatic heterocycles. The number of ether oxygens (including phenoxy) is 3. The fourth-order valence-electron chi connectivity index (χ4n) is 5.28. The monoisotopic (exact) mass is 380 g/mol. The Kier molecular flexibility index (Phi) is 4.71. The summed E-state index contributed by atoms with van der Waals surface area (Å²) in [4.78, 5) is 12.0. The zero-order valence-corrected chi connectivity index (χ0v) is 15.5. The van der Waals surface area contributed by atoms with Gasteiger partial charge in [-0.3, -0.25) is 0 Å². The van der Waals surface area contributed by atoms with Gasteiger partial charge in [0, 0.05) is 17.9 Å². The molecule has 0 spiro atoms. The molecule has 2 saturated carbocycles. The van der Waals surface area contributed by atoms with Gasteiger partial charge >= 0.3 is 5.97 Å². The van der Waals surface area contributed by atoms with Gasteiger partial charge in [-0.2, -0.15) is 0 Å². The summed E-state index contributed by atoms with van der Waals surface area (Å²) in [7, 11) is 0. The summed E-state index contributed by atoms with van der Waals surface area (Å²) in [6.07, 6.45) is -1.99. The maximum absolute atomic E-state index is 12.0. The standard InChI is InChI=1S/C20H28O7/c1-9-6-15-12(10(2)18(24)26-15)7-13-11(9)4-5-20(13,3)27-19-17(23)16(22)14(21)8-25-19/h11-17,19,21-23H,1-2,4-8H2,3H3. The molecule has 9 atom stereocenters. The van der Waals surface area contributed by atoms with E-state index >= 15 is 0 Å². The van der Waals surface area contributed by atoms with Crippen LogP contribution in [-0.4, -0.2) is 64.2 Å². The average Bonchev–Trinajstić information content (AvgIpc) is 3.02. The minimum atomic E-state index is -1.32. The predicted molar refractivity (Wildman–Crippen MR) is 94.3 cm³/mol. The van der Waals surface area contributed by atoms with E-state index in [9.17, 15) is 20.1 Å². The van der Waals surface area contributed by atoms with Crippen molar-refractivity contribution in [3.63, 3.8) is 0 Å². The number of hydrogen-bond acceptors (Lipinski definition) is 7. The van der Waals surface area contributed by atoms with E-state index in [1.807, 2.05) is 6.92 Å². The van der Waals surface area contributed by atoms with Crippen LogP contribution in [0.5, 0.6) is 0 Å². The van der Waals surface area contributed by atoms with Crippen molar-refractivity contribution in [2.75, 3.05) is 6.61 Å². The zero-order valence-electron chi connectivity index (χ0n) is 15.5. The van der Waals surface area contributed by atoms with Crippen molar-refractivity contribution in [2.24, 2.45) is 17.8 Å². The number of hydrogen-bond donors (Lipinski definition) is 3. The summed E-state index contributed by atoms with van der Waals surface area (Å²) in [5.74, 6) is -0.0794. The second kappa shape index (κ2) is 6.67. The van der Waals surface area contributed by atoms with Gasteiger partial charge in [0.15, 0.2) is 6.29 Å². The van der Waals surface area contributed by atoms with Crippen LogP contribution < -0.4 is 0 Å². The topological polar surface area (TPSA) is 105 Å². The van der Waals surface area contributed by atoms with E-state index in [2.05, 4.69) is 13.2 Å². The fourth-order valence-corrected chi connectivity index (χ4v) is 5.28. The molecule has 7 nitrogen and oxygen atoms in total. The van der Waals surface area contributed by atoms with Gasteiger partial charge < -0.3 is 29.5 Å². The Morgan fingerprint density at radius 3 is 2.67 bits per heavy atom. The number of esters is 1. The Hall–Kier alpha value is -1.25. The molecule has 27 heavy (non-hydrogen) atoms. The molecule has 0 bridgehead atoms. The first-order valence-corrected chi connectivity index (χ1v) is 9.62. The van der Waals surface area contributed by atoms with Crippen LogP contribution in [-0.2, 0) is 19.0 Å². The fraction of sp³-hybridized carbons (Fsp3) is 0.750. The second-order valence-corrected chi connectivity index (χ2v) is 8.61. The van der Waals surface area contributed by atoms with Crippen LogP contribution in [0.15, 0.2) is 24.3 Å². The van der Waals surface area contributed by atoms with Crippen LogP contribution in [0.1, 0.15) is 32.6 Å². The highest BCUT2D eigenvalue weighted by Crippen LogP contribution is 2.54. The van der Waals surface area contributed by atoms with Crippen molar-refractivity contribution in [3.8, 4) is 0 Å². The largest absolute Gasteiger partial charge is 0.458 e. The van der Waals surface area contributed by atoms with E-state index < -0.39 is 30.2 Å². The minimum absolute atomic E-state index is 0.0603. The van der Waals surface area contributed by atoms with E-state index in [0.29, 0.717) is 18.4 Å². The third-order valence-electron chi connectivity index (χ3n) is 6.97. The smallest absolute Gasteiger partial charge is 0.334 e. The number of aliphatic hydroxyl groups is 3. The van der Waals surface area contributed by atoms with Gasteiger partial charge in [0.2, 0.25) is 0 Å². The molecule has 2 heterocycles. The molecule has 2 aliphatic carbocycles. The predicted octanol–water partition coefficient (Wildman–Crippen LogP) is 0.675. The Labute approximate surface area is 158 Å². The zero-order chi connectivity index (χ0) is 19.5. The Bertz CT molecular complexity index is 661. The Balaban J connectivity index is 1.56. The third kappa shape index (κ3) is 3.06. The molecule has 3 N–H and O–H groups in total. The molecule has 4 rings (SSSR count). The lowest BCUT2D eigenvalue weighted by Gasteiger charge is -2.42. The highest BCUT2D eigenvalue weighted by Gasteiger charge is 2.55. The lowest BCUT2D eigenvalue weighted by atomic mass is 9.78. The molecule has 0 aromatic rings. The molecule has 4 aliphatic rings. The van der Waals surface area contributed by atoms with Gasteiger partial charge in [0.25, 0.3) is 0 Å². The number of aliphatic hydroxyl groups excluding tert-OH is 3. The number of carbonyl (C=O) groups excluding carboxylic acids is 1. The van der Waals surface area contributed by atoms with Crippen molar-refractivity contribution in [1.29, 1.82) is 0 Å². The summed E-state index contributed by atoms with van der Waals surface area (Å²) in [5.41, 5.74) is 0.959. The van der Waals surface area contributed by atoms with E-state index in [4.69, 9.17) is 14.2 Å². The molecule has 9 unspecified atom stereocenters. The van der Waals surface area contributed by atoms with E-state index in [-0.39, 0.29) is 36.4 Å². The molecule has 7 heteroatoms. The molecule has 0 radical (unpaired) electrons. The lowest BCUT2D eigenvalue weighted by Crippen LogP contribution is -2.56. The Morgan fingerprint density at radius 1 is 1.19 bits per heavy atom. The van der Waals surface area contributed by atoms with Gasteiger partial charge in [-0.15, -0.1) is 0 Å². The van der Waals surface area contributed by atoms with Crippen molar-refractivity contribution < 1.29 is 34.3 Å². The van der Waals surface area contributed by atoms with Gasteiger partial charge in [0.1, 0.15) is 24.4 Å². The van der Waals surface area contributed by atoms with Crippen molar-refractivity contribution in [3.05, 3.63) is 24.3 Å². The summed E-state index contributed by atoms with van der Waals surface area (Å²) < 4.78 is 17.2. The van der Waals surface area contributed by atoms with Gasteiger partial charge in [-0.05, 0) is 38.0 Å². The number of carbonyl (C=O) groups is 1. The van der Waals surface area contributed by atoms with Crippen LogP contribution in [0.25, 0.3) is 0 Å². The minimum Gasteiger partial charge on any atom is -0.458 e. The van der Waals surface area contributed by atoms with Crippen LogP contribution in [0.2, 0.25) is 0 Å². The molecule has 0 aromatic carbocycles. The van der Waals surface area contributed by atoms with E-state index in [1.165, 1.54) is 0 Å². The van der Waals surface area contributed by atoms with Gasteiger partial charge in [-0.1, -0.05) is 18.7 Å². The maximum atomic E-state index is 12.0. The third-order valence-corrected chi connectivity index (χ3v) is 6.97. The second-order valence-electron chi connectivity index (χ2n) is 8.61.